The quantitative estimate of drug-likeness (QED) is 0.723. The SMILES string of the molecule is Cc1ccn(-c2cc(N3CCN(Cc4ccncc4)CC3)ncn2)n1. The minimum Gasteiger partial charge on any atom is -0.354 e. The second-order valence-electron chi connectivity index (χ2n) is 6.25. The lowest BCUT2D eigenvalue weighted by Gasteiger charge is -2.35. The van der Waals surface area contributed by atoms with Crippen LogP contribution in [0.5, 0.6) is 0 Å². The molecular weight excluding hydrogens is 314 g/mol. The number of pyridine rings is 1. The highest BCUT2D eigenvalue weighted by atomic mass is 15.3. The van der Waals surface area contributed by atoms with Crippen LogP contribution in [0, 0.1) is 6.92 Å². The van der Waals surface area contributed by atoms with Crippen LogP contribution in [-0.4, -0.2) is 55.8 Å². The first-order valence-electron chi connectivity index (χ1n) is 8.49. The summed E-state index contributed by atoms with van der Waals surface area (Å²) in [5, 5.41) is 4.42. The fourth-order valence-electron chi connectivity index (χ4n) is 3.06. The van der Waals surface area contributed by atoms with Crippen LogP contribution in [-0.2, 0) is 6.54 Å². The standard InChI is InChI=1S/C18H21N7/c1-15-4-7-25(22-15)18-12-17(20-14-21-18)24-10-8-23(9-11-24)13-16-2-5-19-6-3-16/h2-7,12,14H,8-11,13H2,1H3. The Morgan fingerprint density at radius 2 is 1.72 bits per heavy atom. The van der Waals surface area contributed by atoms with Crippen LogP contribution in [0.2, 0.25) is 0 Å². The Labute approximate surface area is 147 Å². The molecule has 3 aromatic rings. The fraction of sp³-hybridized carbons (Fsp3) is 0.333. The van der Waals surface area contributed by atoms with E-state index in [4.69, 9.17) is 0 Å². The van der Waals surface area contributed by atoms with E-state index in [1.807, 2.05) is 37.6 Å². The maximum atomic E-state index is 4.45. The van der Waals surface area contributed by atoms with Gasteiger partial charge in [-0.05, 0) is 30.7 Å². The molecule has 0 radical (unpaired) electrons. The maximum absolute atomic E-state index is 4.45. The zero-order valence-corrected chi connectivity index (χ0v) is 14.3. The van der Waals surface area contributed by atoms with Crippen molar-refractivity contribution in [3.8, 4) is 5.82 Å². The van der Waals surface area contributed by atoms with Gasteiger partial charge in [0.1, 0.15) is 12.1 Å². The third-order valence-corrected chi connectivity index (χ3v) is 4.45. The molecule has 0 aliphatic carbocycles. The number of aryl methyl sites for hydroxylation is 1. The Balaban J connectivity index is 1.41. The summed E-state index contributed by atoms with van der Waals surface area (Å²) in [6.45, 7) is 6.89. The number of hydrogen-bond donors (Lipinski definition) is 0. The molecule has 0 spiro atoms. The molecule has 4 heterocycles. The van der Waals surface area contributed by atoms with E-state index in [1.54, 1.807) is 11.0 Å². The molecule has 1 aliphatic heterocycles. The number of rotatable bonds is 4. The monoisotopic (exact) mass is 335 g/mol. The molecule has 0 atom stereocenters. The second-order valence-corrected chi connectivity index (χ2v) is 6.25. The molecule has 0 unspecified atom stereocenters. The Hall–Kier alpha value is -2.80. The zero-order valence-electron chi connectivity index (χ0n) is 14.3. The van der Waals surface area contributed by atoms with Gasteiger partial charge < -0.3 is 4.90 Å². The Kier molecular flexibility index (Phi) is 4.39. The van der Waals surface area contributed by atoms with Gasteiger partial charge in [-0.1, -0.05) is 0 Å². The topological polar surface area (TPSA) is 63.0 Å². The summed E-state index contributed by atoms with van der Waals surface area (Å²) in [6, 6.07) is 8.13. The molecule has 7 heteroatoms. The van der Waals surface area contributed by atoms with E-state index in [0.29, 0.717) is 0 Å². The predicted octanol–water partition coefficient (Wildman–Crippen LogP) is 1.69. The van der Waals surface area contributed by atoms with Crippen molar-refractivity contribution in [3.63, 3.8) is 0 Å². The largest absolute Gasteiger partial charge is 0.354 e. The van der Waals surface area contributed by atoms with Crippen molar-refractivity contribution in [2.24, 2.45) is 0 Å². The molecule has 0 saturated carbocycles. The number of hydrogen-bond acceptors (Lipinski definition) is 6. The van der Waals surface area contributed by atoms with E-state index in [9.17, 15) is 0 Å². The van der Waals surface area contributed by atoms with Crippen LogP contribution in [0.25, 0.3) is 5.82 Å². The highest BCUT2D eigenvalue weighted by Gasteiger charge is 2.18. The molecule has 1 aliphatic rings. The highest BCUT2D eigenvalue weighted by molar-refractivity contribution is 5.43. The number of piperazine rings is 1. The van der Waals surface area contributed by atoms with Gasteiger partial charge in [-0.2, -0.15) is 5.10 Å². The average Bonchev–Trinajstić information content (AvgIpc) is 3.10. The van der Waals surface area contributed by atoms with Crippen molar-refractivity contribution < 1.29 is 0 Å². The fourth-order valence-corrected chi connectivity index (χ4v) is 3.06. The molecule has 0 bridgehead atoms. The van der Waals surface area contributed by atoms with Crippen molar-refractivity contribution in [2.75, 3.05) is 31.1 Å². The number of nitrogens with zero attached hydrogens (tertiary/aromatic N) is 7. The van der Waals surface area contributed by atoms with Crippen molar-refractivity contribution in [1.29, 1.82) is 0 Å². The Bertz CT molecular complexity index is 822. The van der Waals surface area contributed by atoms with E-state index in [2.05, 4.69) is 42.0 Å². The van der Waals surface area contributed by atoms with Crippen LogP contribution in [0.3, 0.4) is 0 Å². The molecule has 128 valence electrons. The molecule has 3 aromatic heterocycles. The first-order valence-corrected chi connectivity index (χ1v) is 8.49. The lowest BCUT2D eigenvalue weighted by molar-refractivity contribution is 0.249. The second kappa shape index (κ2) is 6.98. The normalized spacial score (nSPS) is 15.5. The summed E-state index contributed by atoms with van der Waals surface area (Å²) in [5.41, 5.74) is 2.28. The molecule has 0 aromatic carbocycles. The van der Waals surface area contributed by atoms with Gasteiger partial charge in [-0.25, -0.2) is 14.6 Å². The molecule has 0 N–H and O–H groups in total. The van der Waals surface area contributed by atoms with E-state index in [1.165, 1.54) is 5.56 Å². The van der Waals surface area contributed by atoms with Gasteiger partial charge in [-0.15, -0.1) is 0 Å². The summed E-state index contributed by atoms with van der Waals surface area (Å²) in [6.07, 6.45) is 7.25. The molecule has 4 rings (SSSR count). The molecular formula is C18H21N7. The Morgan fingerprint density at radius 3 is 2.44 bits per heavy atom. The van der Waals surface area contributed by atoms with E-state index < -0.39 is 0 Å². The molecule has 25 heavy (non-hydrogen) atoms. The summed E-state index contributed by atoms with van der Waals surface area (Å²) < 4.78 is 1.79. The van der Waals surface area contributed by atoms with Gasteiger partial charge in [0.25, 0.3) is 0 Å². The van der Waals surface area contributed by atoms with Crippen LogP contribution < -0.4 is 4.90 Å². The smallest absolute Gasteiger partial charge is 0.158 e. The van der Waals surface area contributed by atoms with Crippen LogP contribution >= 0.6 is 0 Å². The van der Waals surface area contributed by atoms with Gasteiger partial charge in [0.2, 0.25) is 0 Å². The van der Waals surface area contributed by atoms with E-state index in [0.717, 1.165) is 50.1 Å². The third kappa shape index (κ3) is 3.66. The lowest BCUT2D eigenvalue weighted by Crippen LogP contribution is -2.46. The van der Waals surface area contributed by atoms with Crippen molar-refractivity contribution >= 4 is 5.82 Å². The van der Waals surface area contributed by atoms with Gasteiger partial charge in [-0.3, -0.25) is 9.88 Å². The maximum Gasteiger partial charge on any atom is 0.158 e. The van der Waals surface area contributed by atoms with Crippen molar-refractivity contribution in [1.82, 2.24) is 29.6 Å². The molecule has 7 nitrogen and oxygen atoms in total. The molecule has 0 amide bonds. The Morgan fingerprint density at radius 1 is 0.960 bits per heavy atom. The van der Waals surface area contributed by atoms with Crippen molar-refractivity contribution in [3.05, 3.63) is 60.4 Å². The number of aromatic nitrogens is 5. The predicted molar refractivity (Wildman–Crippen MR) is 95.6 cm³/mol. The van der Waals surface area contributed by atoms with Gasteiger partial charge in [0.15, 0.2) is 5.82 Å². The minimum absolute atomic E-state index is 0.803. The summed E-state index contributed by atoms with van der Waals surface area (Å²) in [5.74, 6) is 1.76. The molecule has 1 saturated heterocycles. The van der Waals surface area contributed by atoms with Gasteiger partial charge >= 0.3 is 0 Å². The summed E-state index contributed by atoms with van der Waals surface area (Å²) in [4.78, 5) is 17.6. The van der Waals surface area contributed by atoms with Crippen LogP contribution in [0.15, 0.2) is 49.2 Å². The van der Waals surface area contributed by atoms with E-state index >= 15 is 0 Å². The lowest BCUT2D eigenvalue weighted by atomic mass is 10.2. The van der Waals surface area contributed by atoms with Gasteiger partial charge in [0, 0.05) is 57.4 Å². The first kappa shape index (κ1) is 15.7. The summed E-state index contributed by atoms with van der Waals surface area (Å²) >= 11 is 0. The van der Waals surface area contributed by atoms with Crippen LogP contribution in [0.1, 0.15) is 11.3 Å². The summed E-state index contributed by atoms with van der Waals surface area (Å²) in [7, 11) is 0. The highest BCUT2D eigenvalue weighted by Crippen LogP contribution is 2.17. The first-order chi connectivity index (χ1) is 12.3. The van der Waals surface area contributed by atoms with Crippen molar-refractivity contribution in [2.45, 2.75) is 13.5 Å². The van der Waals surface area contributed by atoms with E-state index in [-0.39, 0.29) is 0 Å². The zero-order chi connectivity index (χ0) is 17.1. The van der Waals surface area contributed by atoms with Gasteiger partial charge in [0.05, 0.1) is 5.69 Å². The third-order valence-electron chi connectivity index (χ3n) is 4.45. The molecule has 1 fully saturated rings. The minimum atomic E-state index is 0.803. The average molecular weight is 335 g/mol. The number of anilines is 1. The van der Waals surface area contributed by atoms with Crippen LogP contribution in [0.4, 0.5) is 5.82 Å².